The number of hydrogen-bond acceptors (Lipinski definition) is 4. The van der Waals surface area contributed by atoms with Crippen LogP contribution in [-0.2, 0) is 13.6 Å². The number of rotatable bonds is 8. The summed E-state index contributed by atoms with van der Waals surface area (Å²) in [4.78, 5) is 20.8. The number of carbonyl (C=O) groups excluding carboxylic acids is 1. The zero-order valence-corrected chi connectivity index (χ0v) is 24.6. The van der Waals surface area contributed by atoms with Crippen LogP contribution < -0.4 is 10.5 Å². The molecular weight excluding hydrogens is 510 g/mol. The van der Waals surface area contributed by atoms with Crippen LogP contribution in [0.4, 0.5) is 0 Å². The van der Waals surface area contributed by atoms with Gasteiger partial charge in [-0.25, -0.2) is 4.98 Å². The summed E-state index contributed by atoms with van der Waals surface area (Å²) in [6, 6.07) is 13.1. The predicted octanol–water partition coefficient (Wildman–Crippen LogP) is 6.23. The maximum absolute atomic E-state index is 13.7. The Morgan fingerprint density at radius 2 is 1.98 bits per heavy atom. The topological polar surface area (TPSA) is 78.3 Å². The van der Waals surface area contributed by atoms with Crippen LogP contribution in [0, 0.1) is 17.8 Å². The van der Waals surface area contributed by atoms with Gasteiger partial charge in [0.05, 0.1) is 18.3 Å². The van der Waals surface area contributed by atoms with Crippen molar-refractivity contribution >= 4 is 33.9 Å². The minimum Gasteiger partial charge on any atom is -0.494 e. The number of allylic oxidation sites excluding steroid dienone is 1. The highest BCUT2D eigenvalue weighted by atomic mass is 16.5. The molecule has 2 aliphatic carbocycles. The summed E-state index contributed by atoms with van der Waals surface area (Å²) in [5, 5.41) is 1.22. The SMILES string of the molecule is COc1cc(C(=O)N2C[C@H]3CCC2[C@@H]3N)cc2nc(-c3cc4cc(/C=C/CC(C)C)ccc4n3CC3CC3)n(C)c12. The summed E-state index contributed by atoms with van der Waals surface area (Å²) in [5.41, 5.74) is 12.3. The van der Waals surface area contributed by atoms with E-state index in [1.165, 1.54) is 29.3 Å². The van der Waals surface area contributed by atoms with E-state index in [9.17, 15) is 4.79 Å². The van der Waals surface area contributed by atoms with Crippen LogP contribution in [0.1, 0.15) is 61.9 Å². The molecule has 2 saturated carbocycles. The smallest absolute Gasteiger partial charge is 0.254 e. The number of nitrogens with two attached hydrogens (primary N) is 1. The monoisotopic (exact) mass is 551 g/mol. The lowest BCUT2D eigenvalue weighted by Gasteiger charge is -2.27. The summed E-state index contributed by atoms with van der Waals surface area (Å²) in [5.74, 6) is 3.36. The summed E-state index contributed by atoms with van der Waals surface area (Å²) >= 11 is 0. The van der Waals surface area contributed by atoms with Crippen LogP contribution in [0.2, 0.25) is 0 Å². The molecular formula is C34H41N5O2. The first-order valence-electron chi connectivity index (χ1n) is 15.2. The van der Waals surface area contributed by atoms with Crippen LogP contribution in [0.3, 0.4) is 0 Å². The minimum atomic E-state index is 0.0287. The van der Waals surface area contributed by atoms with Crippen molar-refractivity contribution in [1.82, 2.24) is 19.0 Å². The molecule has 4 aromatic rings. The highest BCUT2D eigenvalue weighted by Crippen LogP contribution is 2.40. The number of fused-ring (bicyclic) bond motifs is 4. The second-order valence-corrected chi connectivity index (χ2v) is 12.9. The second-order valence-electron chi connectivity index (χ2n) is 12.9. The van der Waals surface area contributed by atoms with Gasteiger partial charge in [-0.05, 0) is 85.8 Å². The third-order valence-corrected chi connectivity index (χ3v) is 9.53. The molecule has 2 bridgehead atoms. The first kappa shape index (κ1) is 26.3. The van der Waals surface area contributed by atoms with Crippen molar-refractivity contribution in [1.29, 1.82) is 0 Å². The maximum atomic E-state index is 13.7. The summed E-state index contributed by atoms with van der Waals surface area (Å²) < 4.78 is 10.4. The number of likely N-dealkylation sites (tertiary alicyclic amines) is 1. The van der Waals surface area contributed by atoms with Crippen molar-refractivity contribution < 1.29 is 9.53 Å². The molecule has 2 N–H and O–H groups in total. The molecule has 3 aliphatic rings. The van der Waals surface area contributed by atoms with Crippen LogP contribution in [0.5, 0.6) is 5.75 Å². The van der Waals surface area contributed by atoms with E-state index in [1.807, 2.05) is 24.1 Å². The zero-order chi connectivity index (χ0) is 28.4. The van der Waals surface area contributed by atoms with Crippen molar-refractivity contribution in [2.75, 3.05) is 13.7 Å². The van der Waals surface area contributed by atoms with Gasteiger partial charge in [-0.1, -0.05) is 32.1 Å². The molecule has 0 radical (unpaired) electrons. The number of benzene rings is 2. The molecule has 3 heterocycles. The number of amides is 1. The third kappa shape index (κ3) is 4.55. The largest absolute Gasteiger partial charge is 0.494 e. The Balaban J connectivity index is 1.30. The number of ether oxygens (including phenoxy) is 1. The van der Waals surface area contributed by atoms with Crippen molar-refractivity contribution in [2.45, 2.75) is 64.6 Å². The molecule has 41 heavy (non-hydrogen) atoms. The standard InChI is InChI=1S/C34H41N5O2/c1-20(2)6-5-7-21-10-12-27-24(14-21)16-29(38(27)18-22-8-9-22)33-36-26-15-25(17-30(41-4)32(26)37(33)3)34(40)39-19-23-11-13-28(39)31(23)35/h5,7,10,12,14-17,20,22-23,28,31H,6,8-9,11,13,18-19,35H2,1-4H3/b7-5+/t23-,28?,31-/m1/s1. The average Bonchev–Trinajstić information content (AvgIpc) is 3.36. The average molecular weight is 552 g/mol. The molecule has 2 aromatic heterocycles. The number of piperidine rings is 1. The van der Waals surface area contributed by atoms with E-state index >= 15 is 0 Å². The van der Waals surface area contributed by atoms with Crippen molar-refractivity contribution in [3.63, 3.8) is 0 Å². The molecule has 7 heteroatoms. The Labute approximate surface area is 242 Å². The Bertz CT molecular complexity index is 1670. The van der Waals surface area contributed by atoms with Crippen molar-refractivity contribution in [3.8, 4) is 17.3 Å². The fourth-order valence-corrected chi connectivity index (χ4v) is 7.08. The number of nitrogens with zero attached hydrogens (tertiary/aromatic N) is 4. The Morgan fingerprint density at radius 3 is 2.66 bits per heavy atom. The molecule has 1 unspecified atom stereocenters. The fourth-order valence-electron chi connectivity index (χ4n) is 7.08. The molecule has 7 rings (SSSR count). The maximum Gasteiger partial charge on any atom is 0.254 e. The zero-order valence-electron chi connectivity index (χ0n) is 24.6. The van der Waals surface area contributed by atoms with E-state index in [4.69, 9.17) is 15.5 Å². The molecule has 1 aliphatic heterocycles. The van der Waals surface area contributed by atoms with Gasteiger partial charge in [-0.3, -0.25) is 4.79 Å². The highest BCUT2D eigenvalue weighted by molar-refractivity contribution is 6.00. The highest BCUT2D eigenvalue weighted by Gasteiger charge is 2.47. The number of aryl methyl sites for hydroxylation is 1. The van der Waals surface area contributed by atoms with Gasteiger partial charge in [-0.15, -0.1) is 0 Å². The number of imidazole rings is 1. The van der Waals surface area contributed by atoms with E-state index in [0.29, 0.717) is 29.1 Å². The summed E-state index contributed by atoms with van der Waals surface area (Å²) in [7, 11) is 3.72. The van der Waals surface area contributed by atoms with Gasteiger partial charge in [0, 0.05) is 48.7 Å². The molecule has 3 atom stereocenters. The van der Waals surface area contributed by atoms with E-state index < -0.39 is 0 Å². The van der Waals surface area contributed by atoms with Gasteiger partial charge in [0.25, 0.3) is 5.91 Å². The van der Waals surface area contributed by atoms with Gasteiger partial charge >= 0.3 is 0 Å². The van der Waals surface area contributed by atoms with Crippen LogP contribution in [0.15, 0.2) is 42.5 Å². The van der Waals surface area contributed by atoms with Gasteiger partial charge < -0.3 is 24.5 Å². The molecule has 1 saturated heterocycles. The van der Waals surface area contributed by atoms with E-state index in [0.717, 1.165) is 54.9 Å². The number of methoxy groups -OCH3 is 1. The second kappa shape index (κ2) is 10.1. The number of hydrogen-bond donors (Lipinski definition) is 1. The lowest BCUT2D eigenvalue weighted by atomic mass is 10.1. The Morgan fingerprint density at radius 1 is 1.15 bits per heavy atom. The van der Waals surface area contributed by atoms with Gasteiger partial charge in [-0.2, -0.15) is 0 Å². The van der Waals surface area contributed by atoms with Crippen molar-refractivity contribution in [3.05, 3.63) is 53.6 Å². The van der Waals surface area contributed by atoms with E-state index in [-0.39, 0.29) is 18.0 Å². The summed E-state index contributed by atoms with van der Waals surface area (Å²) in [6.45, 7) is 6.22. The lowest BCUT2D eigenvalue weighted by molar-refractivity contribution is 0.0700. The first-order chi connectivity index (χ1) is 19.8. The minimum absolute atomic E-state index is 0.0287. The summed E-state index contributed by atoms with van der Waals surface area (Å²) in [6.07, 6.45) is 10.2. The molecule has 2 aromatic carbocycles. The molecule has 214 valence electrons. The molecule has 3 fully saturated rings. The first-order valence-corrected chi connectivity index (χ1v) is 15.2. The molecule has 0 spiro atoms. The normalized spacial score (nSPS) is 22.3. The van der Waals surface area contributed by atoms with Gasteiger partial charge in [0.15, 0.2) is 5.82 Å². The van der Waals surface area contributed by atoms with Crippen molar-refractivity contribution in [2.24, 2.45) is 30.5 Å². The van der Waals surface area contributed by atoms with Crippen LogP contribution >= 0.6 is 0 Å². The number of carbonyl (C=O) groups is 1. The molecule has 1 amide bonds. The fraction of sp³-hybridized carbons (Fsp3) is 0.471. The van der Waals surface area contributed by atoms with Gasteiger partial charge in [0.2, 0.25) is 0 Å². The van der Waals surface area contributed by atoms with Gasteiger partial charge in [0.1, 0.15) is 11.3 Å². The van der Waals surface area contributed by atoms with Crippen LogP contribution in [-0.4, -0.2) is 50.7 Å². The Hall–Kier alpha value is -3.58. The Kier molecular flexibility index (Phi) is 6.45. The van der Waals surface area contributed by atoms with E-state index in [1.54, 1.807) is 7.11 Å². The quantitative estimate of drug-likeness (QED) is 0.281. The third-order valence-electron chi connectivity index (χ3n) is 9.53. The number of aromatic nitrogens is 3. The lowest BCUT2D eigenvalue weighted by Crippen LogP contribution is -2.41. The van der Waals surface area contributed by atoms with E-state index in [2.05, 4.69) is 59.4 Å². The van der Waals surface area contributed by atoms with Crippen LogP contribution in [0.25, 0.3) is 39.5 Å². The molecule has 7 nitrogen and oxygen atoms in total. The predicted molar refractivity (Wildman–Crippen MR) is 165 cm³/mol.